The third kappa shape index (κ3) is 4.86. The highest BCUT2D eigenvalue weighted by molar-refractivity contribution is 7.89. The highest BCUT2D eigenvalue weighted by Gasteiger charge is 2.44. The van der Waals surface area contributed by atoms with Crippen LogP contribution in [-0.4, -0.2) is 66.8 Å². The van der Waals surface area contributed by atoms with Crippen LogP contribution in [0.15, 0.2) is 12.4 Å². The van der Waals surface area contributed by atoms with Crippen LogP contribution in [0.2, 0.25) is 5.02 Å². The molecule has 0 bridgehead atoms. The van der Waals surface area contributed by atoms with Gasteiger partial charge in [-0.3, -0.25) is 0 Å². The van der Waals surface area contributed by atoms with Crippen LogP contribution in [-0.2, 0) is 14.8 Å². The van der Waals surface area contributed by atoms with Gasteiger partial charge >= 0.3 is 0 Å². The van der Waals surface area contributed by atoms with E-state index in [0.717, 1.165) is 49.8 Å². The molecule has 2 aliphatic heterocycles. The van der Waals surface area contributed by atoms with Gasteiger partial charge in [-0.05, 0) is 57.3 Å². The molecule has 2 saturated heterocycles. The van der Waals surface area contributed by atoms with Crippen LogP contribution in [0, 0.1) is 17.8 Å². The fraction of sp³-hybridized carbons (Fsp3) is 0.800. The molecule has 9 heteroatoms. The molecule has 4 rings (SSSR count). The molecule has 2 unspecified atom stereocenters. The Labute approximate surface area is 178 Å². The normalized spacial score (nSPS) is 26.7. The fourth-order valence-corrected chi connectivity index (χ4v) is 6.02. The number of rotatable bonds is 8. The molecule has 1 aliphatic carbocycles. The predicted octanol–water partition coefficient (Wildman–Crippen LogP) is 2.81. The van der Waals surface area contributed by atoms with Gasteiger partial charge in [0.05, 0.1) is 28.8 Å². The summed E-state index contributed by atoms with van der Waals surface area (Å²) in [5, 5.41) is 0.219. The van der Waals surface area contributed by atoms with Gasteiger partial charge in [0.15, 0.2) is 0 Å². The molecule has 1 saturated carbocycles. The Hall–Kier alpha value is -0.960. The van der Waals surface area contributed by atoms with Crippen LogP contribution in [0.3, 0.4) is 0 Å². The zero-order chi connectivity index (χ0) is 20.6. The fourth-order valence-electron chi connectivity index (χ4n) is 4.57. The molecule has 7 nitrogen and oxygen atoms in total. The van der Waals surface area contributed by atoms with Crippen molar-refractivity contribution in [3.8, 4) is 0 Å². The van der Waals surface area contributed by atoms with Crippen molar-refractivity contribution >= 4 is 27.6 Å². The summed E-state index contributed by atoms with van der Waals surface area (Å²) < 4.78 is 31.6. The summed E-state index contributed by atoms with van der Waals surface area (Å²) in [6.45, 7) is 7.24. The maximum Gasteiger partial charge on any atom is 0.225 e. The molecule has 0 aromatic carbocycles. The van der Waals surface area contributed by atoms with E-state index in [9.17, 15) is 8.42 Å². The minimum Gasteiger partial charge on any atom is -0.375 e. The van der Waals surface area contributed by atoms with E-state index in [0.29, 0.717) is 18.1 Å². The van der Waals surface area contributed by atoms with Gasteiger partial charge in [0, 0.05) is 32.8 Å². The van der Waals surface area contributed by atoms with E-state index in [2.05, 4.69) is 14.9 Å². The Balaban J connectivity index is 1.11. The molecule has 0 spiro atoms. The summed E-state index contributed by atoms with van der Waals surface area (Å²) in [5.41, 5.74) is 0. The number of piperidine rings is 1. The van der Waals surface area contributed by atoms with Crippen LogP contribution >= 0.6 is 11.6 Å². The van der Waals surface area contributed by atoms with Crippen molar-refractivity contribution in [3.63, 3.8) is 0 Å². The van der Waals surface area contributed by atoms with Crippen LogP contribution in [0.5, 0.6) is 0 Å². The minimum atomic E-state index is -3.12. The molecular formula is C20H31ClN4O3S. The SMILES string of the molecule is CC(C)S(=O)(=O)N1CC(OCCC2CC2C2CCN(c3ncc(Cl)cn3)CC2)C1. The van der Waals surface area contributed by atoms with Gasteiger partial charge in [0.2, 0.25) is 16.0 Å². The maximum absolute atomic E-state index is 12.1. The first-order valence-corrected chi connectivity index (χ1v) is 12.6. The number of aromatic nitrogens is 2. The van der Waals surface area contributed by atoms with Crippen LogP contribution in [0.25, 0.3) is 0 Å². The Bertz CT molecular complexity index is 790. The highest BCUT2D eigenvalue weighted by atomic mass is 35.5. The Morgan fingerprint density at radius 3 is 2.48 bits per heavy atom. The standard InChI is InChI=1S/C20H31ClN4O3S/c1-14(2)29(26,27)25-12-18(13-25)28-8-5-16-9-19(16)15-3-6-24(7-4-15)20-22-10-17(21)11-23-20/h10-11,14-16,18-19H,3-9,12-13H2,1-2H3. The third-order valence-electron chi connectivity index (χ3n) is 6.62. The van der Waals surface area contributed by atoms with Gasteiger partial charge in [0.1, 0.15) is 0 Å². The van der Waals surface area contributed by atoms with Crippen LogP contribution < -0.4 is 4.90 Å². The van der Waals surface area contributed by atoms with Crippen molar-refractivity contribution in [3.05, 3.63) is 17.4 Å². The third-order valence-corrected chi connectivity index (χ3v) is 9.03. The number of nitrogens with zero attached hydrogens (tertiary/aromatic N) is 4. The van der Waals surface area contributed by atoms with E-state index < -0.39 is 10.0 Å². The average Bonchev–Trinajstić information content (AvgIpc) is 3.43. The van der Waals surface area contributed by atoms with Crippen molar-refractivity contribution in [2.24, 2.45) is 17.8 Å². The largest absolute Gasteiger partial charge is 0.375 e. The lowest BCUT2D eigenvalue weighted by Gasteiger charge is -2.38. The van der Waals surface area contributed by atoms with Gasteiger partial charge in [-0.1, -0.05) is 11.6 Å². The molecule has 0 radical (unpaired) electrons. The number of hydrogen-bond acceptors (Lipinski definition) is 6. The summed E-state index contributed by atoms with van der Waals surface area (Å²) in [6.07, 6.45) is 8.18. The van der Waals surface area contributed by atoms with Crippen molar-refractivity contribution in [1.82, 2.24) is 14.3 Å². The topological polar surface area (TPSA) is 75.6 Å². The Morgan fingerprint density at radius 2 is 1.86 bits per heavy atom. The van der Waals surface area contributed by atoms with Crippen molar-refractivity contribution in [2.75, 3.05) is 37.7 Å². The number of sulfonamides is 1. The summed E-state index contributed by atoms with van der Waals surface area (Å²) in [6, 6.07) is 0. The molecule has 3 heterocycles. The lowest BCUT2D eigenvalue weighted by Crippen LogP contribution is -2.56. The quantitative estimate of drug-likeness (QED) is 0.616. The molecule has 3 fully saturated rings. The summed E-state index contributed by atoms with van der Waals surface area (Å²) in [5.74, 6) is 3.17. The van der Waals surface area contributed by atoms with Crippen molar-refractivity contribution < 1.29 is 13.2 Å². The van der Waals surface area contributed by atoms with E-state index in [1.165, 1.54) is 19.3 Å². The second kappa shape index (κ2) is 8.65. The Morgan fingerprint density at radius 1 is 1.21 bits per heavy atom. The van der Waals surface area contributed by atoms with Crippen molar-refractivity contribution in [2.45, 2.75) is 50.9 Å². The Kier molecular flexibility index (Phi) is 6.35. The first kappa shape index (κ1) is 21.3. The summed E-state index contributed by atoms with van der Waals surface area (Å²) in [4.78, 5) is 10.9. The number of hydrogen-bond donors (Lipinski definition) is 0. The second-order valence-electron chi connectivity index (χ2n) is 8.88. The lowest BCUT2D eigenvalue weighted by atomic mass is 9.90. The number of halogens is 1. The summed E-state index contributed by atoms with van der Waals surface area (Å²) in [7, 11) is -3.12. The van der Waals surface area contributed by atoms with Gasteiger partial charge in [-0.25, -0.2) is 18.4 Å². The molecule has 29 heavy (non-hydrogen) atoms. The molecule has 3 aliphatic rings. The molecule has 162 valence electrons. The zero-order valence-electron chi connectivity index (χ0n) is 17.2. The van der Waals surface area contributed by atoms with Crippen molar-refractivity contribution in [1.29, 1.82) is 0 Å². The molecule has 2 atom stereocenters. The maximum atomic E-state index is 12.1. The molecule has 1 aromatic heterocycles. The smallest absolute Gasteiger partial charge is 0.225 e. The predicted molar refractivity (Wildman–Crippen MR) is 114 cm³/mol. The van der Waals surface area contributed by atoms with Gasteiger partial charge in [-0.2, -0.15) is 4.31 Å². The lowest BCUT2D eigenvalue weighted by molar-refractivity contribution is -0.0228. The molecular weight excluding hydrogens is 412 g/mol. The number of anilines is 1. The molecule has 0 N–H and O–H groups in total. The van der Waals surface area contributed by atoms with Crippen LogP contribution in [0.1, 0.15) is 39.5 Å². The zero-order valence-corrected chi connectivity index (χ0v) is 18.8. The average molecular weight is 443 g/mol. The summed E-state index contributed by atoms with van der Waals surface area (Å²) >= 11 is 5.87. The van der Waals surface area contributed by atoms with E-state index >= 15 is 0 Å². The molecule has 1 aromatic rings. The van der Waals surface area contributed by atoms with E-state index in [1.54, 1.807) is 30.5 Å². The number of ether oxygens (including phenoxy) is 1. The second-order valence-corrected chi connectivity index (χ2v) is 11.8. The monoisotopic (exact) mass is 442 g/mol. The first-order chi connectivity index (χ1) is 13.8. The van der Waals surface area contributed by atoms with Gasteiger partial charge < -0.3 is 9.64 Å². The highest BCUT2D eigenvalue weighted by Crippen LogP contribution is 2.50. The first-order valence-electron chi connectivity index (χ1n) is 10.7. The van der Waals surface area contributed by atoms with E-state index in [1.807, 2.05) is 0 Å². The van der Waals surface area contributed by atoms with Crippen LogP contribution in [0.4, 0.5) is 5.95 Å². The molecule has 0 amide bonds. The van der Waals surface area contributed by atoms with E-state index in [-0.39, 0.29) is 11.4 Å². The van der Waals surface area contributed by atoms with Gasteiger partial charge in [0.25, 0.3) is 0 Å². The minimum absolute atomic E-state index is 0.0725. The van der Waals surface area contributed by atoms with E-state index in [4.69, 9.17) is 16.3 Å². The van der Waals surface area contributed by atoms with Gasteiger partial charge in [-0.15, -0.1) is 0 Å².